The van der Waals surface area contributed by atoms with Crippen LogP contribution in [0.15, 0.2) is 60.9 Å². The van der Waals surface area contributed by atoms with Gasteiger partial charge in [-0.05, 0) is 104 Å². The van der Waals surface area contributed by atoms with Crippen LogP contribution in [0.3, 0.4) is 0 Å². The van der Waals surface area contributed by atoms with Crippen molar-refractivity contribution in [3.8, 4) is 5.88 Å². The molecule has 1 N–H and O–H groups in total. The van der Waals surface area contributed by atoms with Gasteiger partial charge in [-0.2, -0.15) is 0 Å². The standard InChI is InChI=1S/C11H8F2IN3O.C7H7F2NO.C4H2I2N2/c12-11(13)8-2-1-7(5-15-8)6-18-10-4-3-9(14)16-17-10;8-7(9)6-2-1-5(4-11)3-10-6;5-3-1-2-4(6)8-7-3/h1-5,11H,6H2;1-3,7,11H,4H2;1-2H. The van der Waals surface area contributed by atoms with Gasteiger partial charge in [0.2, 0.25) is 5.88 Å². The highest BCUT2D eigenvalue weighted by Crippen LogP contribution is 2.17. The molecule has 0 fully saturated rings. The quantitative estimate of drug-likeness (QED) is 0.181. The fourth-order valence-electron chi connectivity index (χ4n) is 2.15. The molecule has 0 unspecified atom stereocenters. The van der Waals surface area contributed by atoms with E-state index in [0.717, 1.165) is 11.1 Å². The summed E-state index contributed by atoms with van der Waals surface area (Å²) in [6, 6.07) is 12.8. The van der Waals surface area contributed by atoms with Gasteiger partial charge in [0.1, 0.15) is 29.1 Å². The number of hydrogen-bond donors (Lipinski definition) is 1. The summed E-state index contributed by atoms with van der Waals surface area (Å²) in [6.45, 7) is 0.0440. The van der Waals surface area contributed by atoms with Gasteiger partial charge in [0.25, 0.3) is 12.9 Å². The molecular weight excluding hydrogens is 837 g/mol. The Hall–Kier alpha value is -1.87. The summed E-state index contributed by atoms with van der Waals surface area (Å²) in [4.78, 5) is 7.08. The van der Waals surface area contributed by atoms with Crippen LogP contribution in [0.25, 0.3) is 0 Å². The number of halogens is 7. The van der Waals surface area contributed by atoms with Gasteiger partial charge in [0.05, 0.1) is 6.61 Å². The summed E-state index contributed by atoms with van der Waals surface area (Å²) in [5, 5.41) is 23.8. The van der Waals surface area contributed by atoms with Crippen molar-refractivity contribution in [2.24, 2.45) is 0 Å². The number of aliphatic hydroxyl groups excluding tert-OH is 1. The highest BCUT2D eigenvalue weighted by molar-refractivity contribution is 14.1. The molecule has 4 aromatic rings. The number of aliphatic hydroxyl groups is 1. The fraction of sp³-hybridized carbons (Fsp3) is 0.182. The minimum atomic E-state index is -2.55. The summed E-state index contributed by atoms with van der Waals surface area (Å²) in [7, 11) is 0. The maximum atomic E-state index is 12.3. The Morgan fingerprint density at radius 1 is 0.649 bits per heavy atom. The molecule has 0 saturated carbocycles. The summed E-state index contributed by atoms with van der Waals surface area (Å²) >= 11 is 6.27. The van der Waals surface area contributed by atoms with Gasteiger partial charge >= 0.3 is 0 Å². The molecule has 37 heavy (non-hydrogen) atoms. The van der Waals surface area contributed by atoms with Crippen molar-refractivity contribution >= 4 is 67.8 Å². The molecule has 0 saturated heterocycles. The molecule has 0 aromatic carbocycles. The van der Waals surface area contributed by atoms with E-state index >= 15 is 0 Å². The average Bonchev–Trinajstić information content (AvgIpc) is 2.91. The fourth-order valence-corrected chi connectivity index (χ4v) is 3.01. The third kappa shape index (κ3) is 12.5. The largest absolute Gasteiger partial charge is 0.472 e. The number of aromatic nitrogens is 6. The highest BCUT2D eigenvalue weighted by Gasteiger charge is 2.08. The smallest absolute Gasteiger partial charge is 0.280 e. The van der Waals surface area contributed by atoms with Crippen molar-refractivity contribution in [3.63, 3.8) is 0 Å². The molecule has 15 heteroatoms. The van der Waals surface area contributed by atoms with E-state index < -0.39 is 12.9 Å². The van der Waals surface area contributed by atoms with Gasteiger partial charge in [-0.3, -0.25) is 9.97 Å². The third-order valence-electron chi connectivity index (χ3n) is 3.92. The first-order chi connectivity index (χ1) is 17.7. The topological polar surface area (TPSA) is 107 Å². The molecule has 196 valence electrons. The van der Waals surface area contributed by atoms with Crippen molar-refractivity contribution in [1.29, 1.82) is 0 Å². The molecule has 8 nitrogen and oxygen atoms in total. The van der Waals surface area contributed by atoms with Crippen LogP contribution >= 0.6 is 67.8 Å². The molecule has 0 bridgehead atoms. The van der Waals surface area contributed by atoms with E-state index in [-0.39, 0.29) is 24.6 Å². The van der Waals surface area contributed by atoms with Crippen LogP contribution in [0.4, 0.5) is 17.6 Å². The van der Waals surface area contributed by atoms with Gasteiger partial charge in [-0.25, -0.2) is 17.6 Å². The Morgan fingerprint density at radius 3 is 1.46 bits per heavy atom. The molecule has 0 amide bonds. The molecule has 0 aliphatic heterocycles. The maximum absolute atomic E-state index is 12.3. The second-order valence-corrected chi connectivity index (χ2v) is 9.92. The van der Waals surface area contributed by atoms with Gasteiger partial charge in [-0.1, -0.05) is 12.1 Å². The zero-order valence-corrected chi connectivity index (χ0v) is 25.0. The van der Waals surface area contributed by atoms with Crippen LogP contribution in [0.2, 0.25) is 0 Å². The van der Waals surface area contributed by atoms with E-state index in [2.05, 4.69) is 75.5 Å². The normalized spacial score (nSPS) is 10.3. The monoisotopic (exact) mass is 854 g/mol. The SMILES string of the molecule is FC(F)c1ccc(COc2ccc(I)nn2)cn1.Ic1ccc(I)nn1.OCc1ccc(C(F)F)nc1. The summed E-state index contributed by atoms with van der Waals surface area (Å²) in [5.74, 6) is 0.383. The van der Waals surface area contributed by atoms with Gasteiger partial charge in [0.15, 0.2) is 0 Å². The predicted octanol–water partition coefficient (Wildman–Crippen LogP) is 6.19. The Balaban J connectivity index is 0.000000215. The lowest BCUT2D eigenvalue weighted by atomic mass is 10.2. The zero-order chi connectivity index (χ0) is 27.2. The second-order valence-electron chi connectivity index (χ2n) is 6.60. The van der Waals surface area contributed by atoms with Crippen molar-refractivity contribution in [1.82, 2.24) is 30.4 Å². The van der Waals surface area contributed by atoms with Gasteiger partial charge in [0, 0.05) is 24.0 Å². The number of nitrogens with zero attached hydrogens (tertiary/aromatic N) is 6. The second kappa shape index (κ2) is 16.9. The molecule has 0 spiro atoms. The molecular formula is C22H17F4I3N6O2. The van der Waals surface area contributed by atoms with E-state index in [1.165, 1.54) is 30.6 Å². The predicted molar refractivity (Wildman–Crippen MR) is 151 cm³/mol. The summed E-state index contributed by atoms with van der Waals surface area (Å²) < 4.78 is 56.3. The molecule has 4 heterocycles. The Labute approximate surface area is 250 Å². The lowest BCUT2D eigenvalue weighted by Gasteiger charge is -2.05. The third-order valence-corrected chi connectivity index (χ3v) is 5.64. The van der Waals surface area contributed by atoms with Crippen LogP contribution in [-0.4, -0.2) is 35.5 Å². The average molecular weight is 854 g/mol. The number of alkyl halides is 4. The van der Waals surface area contributed by atoms with Gasteiger partial charge < -0.3 is 9.84 Å². The number of ether oxygens (including phenoxy) is 1. The van der Waals surface area contributed by atoms with E-state index in [1.54, 1.807) is 18.2 Å². The number of pyridine rings is 2. The van der Waals surface area contributed by atoms with Crippen LogP contribution in [-0.2, 0) is 13.2 Å². The van der Waals surface area contributed by atoms with Crippen LogP contribution in [0.5, 0.6) is 5.88 Å². The molecule has 0 aliphatic rings. The van der Waals surface area contributed by atoms with Crippen LogP contribution < -0.4 is 4.74 Å². The lowest BCUT2D eigenvalue weighted by Crippen LogP contribution is -2.00. The zero-order valence-electron chi connectivity index (χ0n) is 18.5. The summed E-state index contributed by atoms with van der Waals surface area (Å²) in [5.41, 5.74) is 0.726. The van der Waals surface area contributed by atoms with Crippen LogP contribution in [0.1, 0.15) is 35.4 Å². The molecule has 0 atom stereocenters. The molecule has 4 aromatic heterocycles. The van der Waals surface area contributed by atoms with Crippen molar-refractivity contribution in [3.05, 3.63) is 94.5 Å². The lowest BCUT2D eigenvalue weighted by molar-refractivity contribution is 0.145. The highest BCUT2D eigenvalue weighted by atomic mass is 127. The Bertz CT molecular complexity index is 1170. The first-order valence-electron chi connectivity index (χ1n) is 10.0. The van der Waals surface area contributed by atoms with E-state index in [1.807, 2.05) is 34.7 Å². The van der Waals surface area contributed by atoms with Crippen molar-refractivity contribution < 1.29 is 27.4 Å². The minimum Gasteiger partial charge on any atom is -0.472 e. The van der Waals surface area contributed by atoms with E-state index in [0.29, 0.717) is 17.0 Å². The molecule has 0 radical (unpaired) electrons. The maximum Gasteiger partial charge on any atom is 0.280 e. The Morgan fingerprint density at radius 2 is 1.11 bits per heavy atom. The van der Waals surface area contributed by atoms with Crippen molar-refractivity contribution in [2.75, 3.05) is 0 Å². The Kier molecular flexibility index (Phi) is 14.3. The van der Waals surface area contributed by atoms with E-state index in [9.17, 15) is 17.6 Å². The van der Waals surface area contributed by atoms with Crippen molar-refractivity contribution in [2.45, 2.75) is 26.1 Å². The van der Waals surface area contributed by atoms with Gasteiger partial charge in [-0.15, -0.1) is 20.4 Å². The van der Waals surface area contributed by atoms with Crippen LogP contribution in [0, 0.1) is 11.1 Å². The molecule has 4 rings (SSSR count). The minimum absolute atomic E-state index is 0.170. The number of rotatable bonds is 6. The first kappa shape index (κ1) is 31.3. The molecule has 0 aliphatic carbocycles. The summed E-state index contributed by atoms with van der Waals surface area (Å²) in [6.07, 6.45) is -2.49. The first-order valence-corrected chi connectivity index (χ1v) is 13.2. The number of hydrogen-bond acceptors (Lipinski definition) is 8. The van der Waals surface area contributed by atoms with E-state index in [4.69, 9.17) is 9.84 Å².